The van der Waals surface area contributed by atoms with Crippen LogP contribution < -0.4 is 10.5 Å². The molecule has 0 spiro atoms. The van der Waals surface area contributed by atoms with E-state index in [9.17, 15) is 4.79 Å². The molecule has 20 heavy (non-hydrogen) atoms. The highest BCUT2D eigenvalue weighted by Gasteiger charge is 2.11. The molecule has 5 nitrogen and oxygen atoms in total. The van der Waals surface area contributed by atoms with Gasteiger partial charge in [-0.1, -0.05) is 13.0 Å². The summed E-state index contributed by atoms with van der Waals surface area (Å²) < 4.78 is 1.65. The fourth-order valence-corrected chi connectivity index (χ4v) is 1.99. The minimum absolute atomic E-state index is 0.126. The summed E-state index contributed by atoms with van der Waals surface area (Å²) in [6, 6.07) is 9.19. The van der Waals surface area contributed by atoms with Crippen LogP contribution in [0.1, 0.15) is 18.9 Å². The summed E-state index contributed by atoms with van der Waals surface area (Å²) in [6.45, 7) is 2.69. The third kappa shape index (κ3) is 2.69. The Balaban J connectivity index is 2.43. The highest BCUT2D eigenvalue weighted by atomic mass is 16.1. The highest BCUT2D eigenvalue weighted by molar-refractivity contribution is 5.60. The van der Waals surface area contributed by atoms with E-state index in [2.05, 4.69) is 11.1 Å². The molecule has 0 amide bonds. The lowest BCUT2D eigenvalue weighted by molar-refractivity contribution is 0.648. The van der Waals surface area contributed by atoms with E-state index >= 15 is 0 Å². The molecule has 0 saturated carbocycles. The number of aromatic nitrogens is 2. The first-order valence-electron chi connectivity index (χ1n) is 6.46. The van der Waals surface area contributed by atoms with E-state index in [-0.39, 0.29) is 5.56 Å². The summed E-state index contributed by atoms with van der Waals surface area (Å²) in [5, 5.41) is 8.93. The van der Waals surface area contributed by atoms with E-state index in [0.717, 1.165) is 12.1 Å². The molecule has 1 heterocycles. The molecule has 0 N–H and O–H groups in total. The molecule has 2 aromatic rings. The molecule has 0 aliphatic carbocycles. The maximum atomic E-state index is 12.3. The van der Waals surface area contributed by atoms with E-state index in [1.807, 2.05) is 13.0 Å². The number of aryl methyl sites for hydroxylation is 1. The molecule has 0 aliphatic heterocycles. The normalized spacial score (nSPS) is 10.1. The second-order valence-corrected chi connectivity index (χ2v) is 4.47. The Morgan fingerprint density at radius 3 is 2.95 bits per heavy atom. The molecule has 102 valence electrons. The Kier molecular flexibility index (Phi) is 4.16. The fourth-order valence-electron chi connectivity index (χ4n) is 1.99. The van der Waals surface area contributed by atoms with Crippen LogP contribution in [0.25, 0.3) is 0 Å². The SMILES string of the molecule is CCCn1ccnc(N(C)c2cccc(C#N)c2)c1=O. The summed E-state index contributed by atoms with van der Waals surface area (Å²) in [6.07, 6.45) is 4.20. The first-order valence-corrected chi connectivity index (χ1v) is 6.46. The summed E-state index contributed by atoms with van der Waals surface area (Å²) in [5.74, 6) is 0.357. The molecule has 0 bridgehead atoms. The lowest BCUT2D eigenvalue weighted by Gasteiger charge is -2.18. The van der Waals surface area contributed by atoms with Crippen LogP contribution in [0.3, 0.4) is 0 Å². The average molecular weight is 268 g/mol. The molecule has 0 saturated heterocycles. The van der Waals surface area contributed by atoms with Crippen LogP contribution in [-0.2, 0) is 6.54 Å². The van der Waals surface area contributed by atoms with E-state index in [0.29, 0.717) is 17.9 Å². The van der Waals surface area contributed by atoms with Crippen molar-refractivity contribution in [1.82, 2.24) is 9.55 Å². The topological polar surface area (TPSA) is 61.9 Å². The van der Waals surface area contributed by atoms with Crippen LogP contribution in [0, 0.1) is 11.3 Å². The number of anilines is 2. The van der Waals surface area contributed by atoms with E-state index in [1.54, 1.807) is 47.1 Å². The standard InChI is InChI=1S/C15H16N4O/c1-3-8-19-9-7-17-14(15(19)20)18(2)13-6-4-5-12(10-13)11-16/h4-7,9-10H,3,8H2,1-2H3. The van der Waals surface area contributed by atoms with Gasteiger partial charge in [-0.2, -0.15) is 5.26 Å². The summed E-state index contributed by atoms with van der Waals surface area (Å²) in [4.78, 5) is 18.2. The molecule has 5 heteroatoms. The van der Waals surface area contributed by atoms with Crippen LogP contribution in [-0.4, -0.2) is 16.6 Å². The largest absolute Gasteiger partial charge is 0.325 e. The molecule has 0 fully saturated rings. The van der Waals surface area contributed by atoms with Crippen molar-refractivity contribution in [3.05, 3.63) is 52.6 Å². The van der Waals surface area contributed by atoms with Gasteiger partial charge in [0.1, 0.15) is 0 Å². The monoisotopic (exact) mass is 268 g/mol. The van der Waals surface area contributed by atoms with Crippen LogP contribution in [0.15, 0.2) is 41.5 Å². The number of hydrogen-bond acceptors (Lipinski definition) is 4. The molecule has 0 aliphatic rings. The van der Waals surface area contributed by atoms with Gasteiger partial charge >= 0.3 is 0 Å². The maximum absolute atomic E-state index is 12.3. The quantitative estimate of drug-likeness (QED) is 0.853. The lowest BCUT2D eigenvalue weighted by atomic mass is 10.2. The molecule has 0 radical (unpaired) electrons. The van der Waals surface area contributed by atoms with Crippen molar-refractivity contribution in [2.24, 2.45) is 0 Å². The number of rotatable bonds is 4. The van der Waals surface area contributed by atoms with Crippen molar-refractivity contribution >= 4 is 11.5 Å². The van der Waals surface area contributed by atoms with E-state index in [1.165, 1.54) is 0 Å². The van der Waals surface area contributed by atoms with Crippen LogP contribution >= 0.6 is 0 Å². The van der Waals surface area contributed by atoms with Crippen LogP contribution in [0.5, 0.6) is 0 Å². The lowest BCUT2D eigenvalue weighted by Crippen LogP contribution is -2.27. The number of nitriles is 1. The van der Waals surface area contributed by atoms with Crippen molar-refractivity contribution in [1.29, 1.82) is 5.26 Å². The molecule has 0 atom stereocenters. The van der Waals surface area contributed by atoms with Crippen molar-refractivity contribution in [2.75, 3.05) is 11.9 Å². The Morgan fingerprint density at radius 2 is 2.25 bits per heavy atom. The first kappa shape index (κ1) is 13.8. The van der Waals surface area contributed by atoms with Crippen molar-refractivity contribution in [3.63, 3.8) is 0 Å². The number of nitrogens with zero attached hydrogens (tertiary/aromatic N) is 4. The molecular weight excluding hydrogens is 252 g/mol. The van der Waals surface area contributed by atoms with Gasteiger partial charge in [0.15, 0.2) is 5.82 Å². The van der Waals surface area contributed by atoms with Gasteiger partial charge in [0.05, 0.1) is 11.6 Å². The number of benzene rings is 1. The van der Waals surface area contributed by atoms with Gasteiger partial charge in [-0.05, 0) is 24.6 Å². The smallest absolute Gasteiger partial charge is 0.293 e. The Hall–Kier alpha value is -2.61. The Morgan fingerprint density at radius 1 is 1.45 bits per heavy atom. The molecule has 1 aromatic heterocycles. The van der Waals surface area contributed by atoms with E-state index < -0.39 is 0 Å². The zero-order valence-electron chi connectivity index (χ0n) is 11.6. The van der Waals surface area contributed by atoms with Crippen LogP contribution in [0.4, 0.5) is 11.5 Å². The zero-order valence-corrected chi connectivity index (χ0v) is 11.6. The van der Waals surface area contributed by atoms with Gasteiger partial charge in [-0.25, -0.2) is 4.98 Å². The maximum Gasteiger partial charge on any atom is 0.293 e. The molecule has 0 unspecified atom stereocenters. The predicted molar refractivity (Wildman–Crippen MR) is 78.0 cm³/mol. The first-order chi connectivity index (χ1) is 9.67. The third-order valence-corrected chi connectivity index (χ3v) is 3.04. The second kappa shape index (κ2) is 6.02. The second-order valence-electron chi connectivity index (χ2n) is 4.47. The summed E-state index contributed by atoms with van der Waals surface area (Å²) in [7, 11) is 1.77. The summed E-state index contributed by atoms with van der Waals surface area (Å²) in [5.41, 5.74) is 1.20. The van der Waals surface area contributed by atoms with Crippen molar-refractivity contribution in [2.45, 2.75) is 19.9 Å². The van der Waals surface area contributed by atoms with Crippen LogP contribution in [0.2, 0.25) is 0 Å². The Bertz CT molecular complexity index is 700. The molecule has 2 rings (SSSR count). The van der Waals surface area contributed by atoms with Gasteiger partial charge in [-0.3, -0.25) is 4.79 Å². The van der Waals surface area contributed by atoms with Crippen molar-refractivity contribution in [3.8, 4) is 6.07 Å². The van der Waals surface area contributed by atoms with Gasteiger partial charge < -0.3 is 9.47 Å². The average Bonchev–Trinajstić information content (AvgIpc) is 2.49. The minimum Gasteiger partial charge on any atom is -0.325 e. The molecular formula is C15H16N4O. The third-order valence-electron chi connectivity index (χ3n) is 3.04. The number of hydrogen-bond donors (Lipinski definition) is 0. The minimum atomic E-state index is -0.126. The predicted octanol–water partition coefficient (Wildman–Crippen LogP) is 2.29. The fraction of sp³-hybridized carbons (Fsp3) is 0.267. The van der Waals surface area contributed by atoms with E-state index in [4.69, 9.17) is 5.26 Å². The van der Waals surface area contributed by atoms with Crippen molar-refractivity contribution < 1.29 is 0 Å². The van der Waals surface area contributed by atoms with Gasteiger partial charge in [0.2, 0.25) is 0 Å². The zero-order chi connectivity index (χ0) is 14.5. The Labute approximate surface area is 117 Å². The van der Waals surface area contributed by atoms with Gasteiger partial charge in [0.25, 0.3) is 5.56 Å². The molecule has 1 aromatic carbocycles. The highest BCUT2D eigenvalue weighted by Crippen LogP contribution is 2.19. The van der Waals surface area contributed by atoms with Gasteiger partial charge in [-0.15, -0.1) is 0 Å². The summed E-state index contributed by atoms with van der Waals surface area (Å²) >= 11 is 0. The van der Waals surface area contributed by atoms with Gasteiger partial charge in [0, 0.05) is 31.7 Å².